The SMILES string of the molecule is O=C(OC[C@H]1O[C@@H](n2cc(/C=C/Br)c(=O)[nH]c2=O)C[C@@H]1OC(=O)c1ccc(Cl)c(Cl)c1)c1ccc(Cl)c(Cl)c1. The molecule has 9 nitrogen and oxygen atoms in total. The molecule has 204 valence electrons. The summed E-state index contributed by atoms with van der Waals surface area (Å²) in [6, 6.07) is 8.48. The van der Waals surface area contributed by atoms with Gasteiger partial charge in [0.1, 0.15) is 25.0 Å². The van der Waals surface area contributed by atoms with Crippen molar-refractivity contribution in [3.05, 3.63) is 105 Å². The van der Waals surface area contributed by atoms with Crippen LogP contribution in [0.4, 0.5) is 0 Å². The Morgan fingerprint density at radius 2 is 1.62 bits per heavy atom. The monoisotopic (exact) mass is 676 g/mol. The van der Waals surface area contributed by atoms with E-state index in [2.05, 4.69) is 20.9 Å². The number of hydrogen-bond acceptors (Lipinski definition) is 7. The first-order valence-corrected chi connectivity index (χ1v) is 13.6. The van der Waals surface area contributed by atoms with Gasteiger partial charge >= 0.3 is 17.6 Å². The third-order valence-corrected chi connectivity index (χ3v) is 7.42. The largest absolute Gasteiger partial charge is 0.459 e. The van der Waals surface area contributed by atoms with Gasteiger partial charge in [-0.2, -0.15) is 0 Å². The fourth-order valence-corrected chi connectivity index (χ4v) is 4.62. The van der Waals surface area contributed by atoms with Gasteiger partial charge in [-0.1, -0.05) is 62.3 Å². The number of rotatable bonds is 7. The Kier molecular flexibility index (Phi) is 9.58. The number of carbonyl (C=O) groups excluding carboxylic acids is 2. The van der Waals surface area contributed by atoms with Crippen molar-refractivity contribution in [1.82, 2.24) is 9.55 Å². The molecule has 3 atom stereocenters. The molecule has 0 bridgehead atoms. The summed E-state index contributed by atoms with van der Waals surface area (Å²) < 4.78 is 18.2. The average Bonchev–Trinajstić information content (AvgIpc) is 3.29. The van der Waals surface area contributed by atoms with E-state index < -0.39 is 41.6 Å². The lowest BCUT2D eigenvalue weighted by Crippen LogP contribution is -2.33. The van der Waals surface area contributed by atoms with Crippen LogP contribution in [0.25, 0.3) is 6.08 Å². The van der Waals surface area contributed by atoms with Crippen molar-refractivity contribution in [2.24, 2.45) is 0 Å². The number of aromatic amines is 1. The predicted octanol–water partition coefficient (Wildman–Crippen LogP) is 5.89. The maximum absolute atomic E-state index is 12.9. The molecule has 0 unspecified atom stereocenters. The van der Waals surface area contributed by atoms with E-state index in [0.29, 0.717) is 0 Å². The second-order valence-electron chi connectivity index (χ2n) is 8.21. The van der Waals surface area contributed by atoms with Crippen LogP contribution in [0, 0.1) is 0 Å². The lowest BCUT2D eigenvalue weighted by molar-refractivity contribution is -0.0582. The number of aromatic nitrogens is 2. The highest BCUT2D eigenvalue weighted by Crippen LogP contribution is 2.32. The molecule has 1 aliphatic rings. The highest BCUT2D eigenvalue weighted by Gasteiger charge is 2.40. The summed E-state index contributed by atoms with van der Waals surface area (Å²) in [7, 11) is 0. The first kappa shape index (κ1) is 29.4. The van der Waals surface area contributed by atoms with E-state index in [4.69, 9.17) is 60.6 Å². The normalized spacial score (nSPS) is 18.8. The van der Waals surface area contributed by atoms with Crippen molar-refractivity contribution in [2.75, 3.05) is 6.61 Å². The van der Waals surface area contributed by atoms with Crippen LogP contribution in [-0.4, -0.2) is 40.3 Å². The van der Waals surface area contributed by atoms with Gasteiger partial charge < -0.3 is 14.2 Å². The number of benzene rings is 2. The first-order chi connectivity index (χ1) is 18.6. The zero-order valence-electron chi connectivity index (χ0n) is 19.5. The molecule has 2 aromatic carbocycles. The van der Waals surface area contributed by atoms with Gasteiger partial charge in [-0.3, -0.25) is 14.3 Å². The van der Waals surface area contributed by atoms with E-state index >= 15 is 0 Å². The molecule has 1 saturated heterocycles. The molecule has 2 heterocycles. The van der Waals surface area contributed by atoms with Crippen LogP contribution in [0.2, 0.25) is 20.1 Å². The molecular weight excluding hydrogens is 662 g/mol. The number of halogens is 5. The van der Waals surface area contributed by atoms with E-state index in [9.17, 15) is 19.2 Å². The molecule has 1 aliphatic heterocycles. The number of hydrogen-bond donors (Lipinski definition) is 1. The van der Waals surface area contributed by atoms with Crippen LogP contribution in [-0.2, 0) is 14.2 Å². The number of carbonyl (C=O) groups is 2. The molecule has 1 N–H and O–H groups in total. The van der Waals surface area contributed by atoms with Crippen LogP contribution in [0.15, 0.2) is 57.2 Å². The van der Waals surface area contributed by atoms with Crippen molar-refractivity contribution < 1.29 is 23.8 Å². The first-order valence-electron chi connectivity index (χ1n) is 11.1. The second kappa shape index (κ2) is 12.7. The van der Waals surface area contributed by atoms with Crippen molar-refractivity contribution in [1.29, 1.82) is 0 Å². The number of H-pyrrole nitrogens is 1. The van der Waals surface area contributed by atoms with Gasteiger partial charge in [0, 0.05) is 12.6 Å². The summed E-state index contributed by atoms with van der Waals surface area (Å²) >= 11 is 26.9. The minimum absolute atomic E-state index is 0.00543. The molecule has 3 aromatic rings. The van der Waals surface area contributed by atoms with Crippen LogP contribution >= 0.6 is 62.3 Å². The van der Waals surface area contributed by atoms with Gasteiger partial charge in [0.05, 0.1) is 36.8 Å². The minimum Gasteiger partial charge on any atom is -0.459 e. The third kappa shape index (κ3) is 6.95. The summed E-state index contributed by atoms with van der Waals surface area (Å²) in [5, 5.41) is 0.855. The van der Waals surface area contributed by atoms with Crippen molar-refractivity contribution in [3.8, 4) is 0 Å². The van der Waals surface area contributed by atoms with Gasteiger partial charge in [0.15, 0.2) is 0 Å². The topological polar surface area (TPSA) is 117 Å². The van der Waals surface area contributed by atoms with E-state index in [-0.39, 0.29) is 49.8 Å². The van der Waals surface area contributed by atoms with Crippen molar-refractivity contribution in [2.45, 2.75) is 24.9 Å². The third-order valence-electron chi connectivity index (χ3n) is 5.68. The van der Waals surface area contributed by atoms with E-state index in [1.165, 1.54) is 53.7 Å². The number of nitrogens with zero attached hydrogens (tertiary/aromatic N) is 1. The molecule has 39 heavy (non-hydrogen) atoms. The highest BCUT2D eigenvalue weighted by molar-refractivity contribution is 9.11. The van der Waals surface area contributed by atoms with Crippen LogP contribution in [0.1, 0.15) is 38.9 Å². The summed E-state index contributed by atoms with van der Waals surface area (Å²) in [5.41, 5.74) is -0.884. The summed E-state index contributed by atoms with van der Waals surface area (Å²) in [5.74, 6) is -1.46. The Labute approximate surface area is 249 Å². The molecule has 14 heteroatoms. The fourth-order valence-electron chi connectivity index (χ4n) is 3.74. The van der Waals surface area contributed by atoms with E-state index in [1.54, 1.807) is 0 Å². The van der Waals surface area contributed by atoms with Gasteiger partial charge in [0.25, 0.3) is 5.56 Å². The number of ether oxygens (including phenoxy) is 3. The lowest BCUT2D eigenvalue weighted by atomic mass is 10.1. The lowest BCUT2D eigenvalue weighted by Gasteiger charge is -2.19. The van der Waals surface area contributed by atoms with Gasteiger partial charge in [-0.25, -0.2) is 14.4 Å². The fraction of sp³-hybridized carbons (Fsp3) is 0.200. The van der Waals surface area contributed by atoms with E-state index in [0.717, 1.165) is 4.57 Å². The molecule has 4 rings (SSSR count). The Morgan fingerprint density at radius 1 is 1.00 bits per heavy atom. The van der Waals surface area contributed by atoms with Crippen LogP contribution in [0.3, 0.4) is 0 Å². The van der Waals surface area contributed by atoms with Gasteiger partial charge in [-0.15, -0.1) is 0 Å². The maximum Gasteiger partial charge on any atom is 0.338 e. The molecular formula is C25H17BrCl4N2O7. The van der Waals surface area contributed by atoms with Crippen molar-refractivity contribution >= 4 is 80.3 Å². The second-order valence-corrected chi connectivity index (χ2v) is 10.4. The van der Waals surface area contributed by atoms with Gasteiger partial charge in [-0.05, 0) is 47.5 Å². The summed E-state index contributed by atoms with van der Waals surface area (Å²) in [4.78, 5) is 53.8. The van der Waals surface area contributed by atoms with Crippen LogP contribution < -0.4 is 11.2 Å². The standard InChI is InChI=1S/C25H17BrCl4N2O7/c26-6-5-14-10-32(25(36)31-22(14)33)21-9-19(39-24(35)13-2-4-16(28)18(30)8-13)20(38-21)11-37-23(34)12-1-3-15(27)17(29)7-12/h1-8,10,19-21H,9,11H2,(H,31,33,36)/b6-5+/t19-,20+,21+/m0/s1. The molecule has 1 fully saturated rings. The smallest absolute Gasteiger partial charge is 0.338 e. The Bertz CT molecular complexity index is 1570. The zero-order chi connectivity index (χ0) is 28.3. The predicted molar refractivity (Wildman–Crippen MR) is 150 cm³/mol. The molecule has 0 amide bonds. The number of esters is 2. The molecule has 1 aromatic heterocycles. The molecule has 0 aliphatic carbocycles. The maximum atomic E-state index is 12.9. The quantitative estimate of drug-likeness (QED) is 0.310. The Hall–Kier alpha value is -2.60. The highest BCUT2D eigenvalue weighted by atomic mass is 79.9. The molecule has 0 radical (unpaired) electrons. The summed E-state index contributed by atoms with van der Waals surface area (Å²) in [6.07, 6.45) is -0.119. The van der Waals surface area contributed by atoms with Crippen LogP contribution in [0.5, 0.6) is 0 Å². The molecule has 0 spiro atoms. The average molecular weight is 679 g/mol. The van der Waals surface area contributed by atoms with Crippen molar-refractivity contribution in [3.63, 3.8) is 0 Å². The Balaban J connectivity index is 1.58. The Morgan fingerprint density at radius 3 is 2.21 bits per heavy atom. The van der Waals surface area contributed by atoms with Gasteiger partial charge in [0.2, 0.25) is 0 Å². The minimum atomic E-state index is -0.970. The molecule has 0 saturated carbocycles. The van der Waals surface area contributed by atoms with E-state index in [1.807, 2.05) is 0 Å². The zero-order valence-corrected chi connectivity index (χ0v) is 24.1. The number of nitrogens with one attached hydrogen (secondary N) is 1. The summed E-state index contributed by atoms with van der Waals surface area (Å²) in [6.45, 7) is -0.332.